The Morgan fingerprint density at radius 2 is 1.06 bits per heavy atom. The molecule has 14 nitrogen and oxygen atoms in total. The van der Waals surface area contributed by atoms with Crippen molar-refractivity contribution in [3.63, 3.8) is 0 Å². The lowest BCUT2D eigenvalue weighted by molar-refractivity contribution is -0.138. The number of hydrogen-bond donors (Lipinski definition) is 4. The Kier molecular flexibility index (Phi) is 8.83. The molecule has 14 heteroatoms. The van der Waals surface area contributed by atoms with Crippen LogP contribution in [0.1, 0.15) is 89.6 Å². The van der Waals surface area contributed by atoms with Crippen molar-refractivity contribution in [3.8, 4) is 0 Å². The van der Waals surface area contributed by atoms with Gasteiger partial charge in [-0.1, -0.05) is 18.6 Å². The number of benzene rings is 2. The summed E-state index contributed by atoms with van der Waals surface area (Å²) in [5.74, 6) is -2.83. The molecule has 2 aromatic carbocycles. The van der Waals surface area contributed by atoms with Crippen LogP contribution in [0.4, 0.5) is 11.4 Å². The molecule has 0 radical (unpaired) electrons. The molecule has 4 aliphatic heterocycles. The van der Waals surface area contributed by atoms with E-state index in [9.17, 15) is 38.4 Å². The molecule has 2 saturated heterocycles. The van der Waals surface area contributed by atoms with Crippen LogP contribution in [0.25, 0.3) is 0 Å². The van der Waals surface area contributed by atoms with E-state index in [2.05, 4.69) is 21.3 Å². The van der Waals surface area contributed by atoms with Gasteiger partial charge >= 0.3 is 0 Å². The summed E-state index contributed by atoms with van der Waals surface area (Å²) in [6, 6.07) is 8.57. The maximum Gasteiger partial charge on any atom is 0.255 e. The molecule has 2 unspecified atom stereocenters. The summed E-state index contributed by atoms with van der Waals surface area (Å²) in [7, 11) is 0. The van der Waals surface area contributed by atoms with Crippen LogP contribution in [0.2, 0.25) is 0 Å². The van der Waals surface area contributed by atoms with Gasteiger partial charge < -0.3 is 20.4 Å². The van der Waals surface area contributed by atoms with Crippen molar-refractivity contribution in [2.45, 2.75) is 83.0 Å². The molecule has 2 atom stereocenters. The highest BCUT2D eigenvalue weighted by Crippen LogP contribution is 2.34. The molecule has 4 heterocycles. The van der Waals surface area contributed by atoms with Crippen LogP contribution in [0.3, 0.4) is 0 Å². The zero-order valence-corrected chi connectivity index (χ0v) is 25.6. The van der Waals surface area contributed by atoms with Gasteiger partial charge in [-0.3, -0.25) is 49.0 Å². The van der Waals surface area contributed by atoms with Crippen molar-refractivity contribution in [1.29, 1.82) is 0 Å². The minimum absolute atomic E-state index is 0.153. The van der Waals surface area contributed by atoms with Crippen LogP contribution in [0, 0.1) is 0 Å². The quantitative estimate of drug-likeness (QED) is 0.222. The molecule has 0 aromatic heterocycles. The Hall–Kier alpha value is -5.40. The van der Waals surface area contributed by atoms with Crippen LogP contribution in [-0.4, -0.2) is 69.1 Å². The Balaban J connectivity index is 0.954. The molecule has 0 bridgehead atoms. The van der Waals surface area contributed by atoms with Gasteiger partial charge in [0.15, 0.2) is 0 Å². The third kappa shape index (κ3) is 6.48. The maximum absolute atomic E-state index is 13.0. The average Bonchev–Trinajstić information content (AvgIpc) is 3.54. The van der Waals surface area contributed by atoms with Crippen molar-refractivity contribution >= 4 is 58.6 Å². The Labute approximate surface area is 269 Å². The second kappa shape index (κ2) is 13.1. The van der Waals surface area contributed by atoms with Crippen LogP contribution in [0.5, 0.6) is 0 Å². The molecule has 244 valence electrons. The Bertz CT molecular complexity index is 1600. The van der Waals surface area contributed by atoms with E-state index in [-0.39, 0.29) is 87.1 Å². The molecule has 4 N–H and O–H groups in total. The zero-order valence-electron chi connectivity index (χ0n) is 25.6. The van der Waals surface area contributed by atoms with Crippen molar-refractivity contribution in [3.05, 3.63) is 58.7 Å². The maximum atomic E-state index is 13.0. The number of nitrogens with zero attached hydrogens (tertiary/aromatic N) is 2. The van der Waals surface area contributed by atoms with E-state index in [0.717, 1.165) is 0 Å². The third-order valence-electron chi connectivity index (χ3n) is 9.02. The van der Waals surface area contributed by atoms with Gasteiger partial charge in [-0.25, -0.2) is 0 Å². The fourth-order valence-electron chi connectivity index (χ4n) is 6.58. The van der Waals surface area contributed by atoms with E-state index in [1.54, 1.807) is 36.4 Å². The van der Waals surface area contributed by atoms with Gasteiger partial charge in [0, 0.05) is 72.4 Å². The van der Waals surface area contributed by atoms with E-state index >= 15 is 0 Å². The number of carbonyl (C=O) groups excluding carboxylic acids is 8. The highest BCUT2D eigenvalue weighted by Gasteiger charge is 2.41. The molecule has 4 aliphatic rings. The summed E-state index contributed by atoms with van der Waals surface area (Å²) in [6.07, 6.45) is 2.91. The average molecular weight is 643 g/mol. The Morgan fingerprint density at radius 1 is 0.638 bits per heavy atom. The van der Waals surface area contributed by atoms with Gasteiger partial charge in [0.1, 0.15) is 12.1 Å². The second-order valence-electron chi connectivity index (χ2n) is 12.1. The first kappa shape index (κ1) is 31.6. The molecule has 2 aromatic rings. The van der Waals surface area contributed by atoms with Gasteiger partial charge in [0.2, 0.25) is 35.4 Å². The van der Waals surface area contributed by atoms with Crippen molar-refractivity contribution in [1.82, 2.24) is 20.4 Å². The fraction of sp³-hybridized carbons (Fsp3) is 0.394. The largest absolute Gasteiger partial charge is 0.326 e. The molecule has 0 aliphatic carbocycles. The number of anilines is 2. The van der Waals surface area contributed by atoms with Gasteiger partial charge in [0.05, 0.1) is 0 Å². The molecule has 0 saturated carbocycles. The standard InChI is InChI=1S/C33H34N6O8/c40-26(34-22-8-4-6-18-20(22)16-38(32(18)46)24-12-14-28(42)36-30(24)44)10-2-1-3-11-27(41)35-23-9-5-7-19-21(23)17-39(33(19)47)25-13-15-29(43)37-31(25)45/h4-9,24-25H,1-3,10-17H2,(H,34,40)(H,35,41)(H,36,42,44)(H,37,43,45). The number of amides is 8. The fourth-order valence-corrected chi connectivity index (χ4v) is 6.58. The normalized spacial score (nSPS) is 20.5. The number of hydrogen-bond acceptors (Lipinski definition) is 8. The predicted molar refractivity (Wildman–Crippen MR) is 165 cm³/mol. The van der Waals surface area contributed by atoms with Crippen molar-refractivity contribution < 1.29 is 38.4 Å². The monoisotopic (exact) mass is 642 g/mol. The molecule has 47 heavy (non-hydrogen) atoms. The first-order valence-corrected chi connectivity index (χ1v) is 15.7. The predicted octanol–water partition coefficient (Wildman–Crippen LogP) is 1.74. The minimum atomic E-state index is -0.744. The summed E-state index contributed by atoms with van der Waals surface area (Å²) in [5, 5.41) is 10.3. The summed E-state index contributed by atoms with van der Waals surface area (Å²) < 4.78 is 0. The SMILES string of the molecule is O=C1CCC(N2Cc3c(NC(=O)CCCCCC(=O)Nc4cccc5c4CN(C4CCC(=O)NC4=O)C5=O)cccc3C2=O)C(=O)N1. The topological polar surface area (TPSA) is 191 Å². The number of rotatable bonds is 10. The number of piperidine rings is 2. The van der Waals surface area contributed by atoms with Crippen molar-refractivity contribution in [2.24, 2.45) is 0 Å². The minimum Gasteiger partial charge on any atom is -0.326 e. The molecular formula is C33H34N6O8. The highest BCUT2D eigenvalue weighted by atomic mass is 16.2. The van der Waals surface area contributed by atoms with E-state index in [1.165, 1.54) is 9.80 Å². The molecule has 6 rings (SSSR count). The smallest absolute Gasteiger partial charge is 0.255 e. The van der Waals surface area contributed by atoms with Crippen LogP contribution < -0.4 is 21.3 Å². The third-order valence-corrected chi connectivity index (χ3v) is 9.02. The summed E-state index contributed by atoms with van der Waals surface area (Å²) >= 11 is 0. The van der Waals surface area contributed by atoms with E-state index in [0.29, 0.717) is 52.9 Å². The molecule has 0 spiro atoms. The van der Waals surface area contributed by atoms with E-state index in [4.69, 9.17) is 0 Å². The summed E-state index contributed by atoms with van der Waals surface area (Å²) in [6.45, 7) is 0.305. The van der Waals surface area contributed by atoms with Crippen LogP contribution in [0.15, 0.2) is 36.4 Å². The lowest BCUT2D eigenvalue weighted by Crippen LogP contribution is -2.52. The number of imide groups is 2. The Morgan fingerprint density at radius 3 is 1.47 bits per heavy atom. The van der Waals surface area contributed by atoms with E-state index in [1.807, 2.05) is 0 Å². The highest BCUT2D eigenvalue weighted by molar-refractivity contribution is 6.08. The summed E-state index contributed by atoms with van der Waals surface area (Å²) in [4.78, 5) is 102. The number of carbonyl (C=O) groups is 8. The van der Waals surface area contributed by atoms with Crippen molar-refractivity contribution in [2.75, 3.05) is 10.6 Å². The van der Waals surface area contributed by atoms with Crippen LogP contribution in [-0.2, 0) is 41.9 Å². The van der Waals surface area contributed by atoms with Gasteiger partial charge in [0.25, 0.3) is 11.8 Å². The lowest BCUT2D eigenvalue weighted by atomic mass is 10.0. The van der Waals surface area contributed by atoms with Gasteiger partial charge in [-0.15, -0.1) is 0 Å². The van der Waals surface area contributed by atoms with Crippen LogP contribution >= 0.6 is 0 Å². The first-order chi connectivity index (χ1) is 22.6. The molecule has 8 amide bonds. The van der Waals surface area contributed by atoms with E-state index < -0.39 is 23.9 Å². The summed E-state index contributed by atoms with van der Waals surface area (Å²) in [5.41, 5.74) is 3.08. The van der Waals surface area contributed by atoms with Gasteiger partial charge in [-0.05, 0) is 49.9 Å². The molecular weight excluding hydrogens is 608 g/mol. The number of unbranched alkanes of at least 4 members (excludes halogenated alkanes) is 2. The lowest BCUT2D eigenvalue weighted by Gasteiger charge is -2.29. The zero-order chi connectivity index (χ0) is 33.2. The first-order valence-electron chi connectivity index (χ1n) is 15.7. The number of nitrogens with one attached hydrogen (secondary N) is 4. The number of fused-ring (bicyclic) bond motifs is 2. The molecule has 2 fully saturated rings. The second-order valence-corrected chi connectivity index (χ2v) is 12.1. The van der Waals surface area contributed by atoms with Gasteiger partial charge in [-0.2, -0.15) is 0 Å².